The van der Waals surface area contributed by atoms with E-state index < -0.39 is 0 Å². The number of hydrogen-bond acceptors (Lipinski definition) is 2. The van der Waals surface area contributed by atoms with E-state index in [9.17, 15) is 4.79 Å². The molecule has 0 aliphatic rings. The van der Waals surface area contributed by atoms with Gasteiger partial charge in [0.1, 0.15) is 0 Å². The fourth-order valence-electron chi connectivity index (χ4n) is 2.25. The Morgan fingerprint density at radius 3 is 2.81 bits per heavy atom. The Labute approximate surface area is 127 Å². The van der Waals surface area contributed by atoms with Gasteiger partial charge in [-0.2, -0.15) is 9.78 Å². The predicted molar refractivity (Wildman–Crippen MR) is 85.1 cm³/mol. The second-order valence-corrected chi connectivity index (χ2v) is 5.39. The number of nitrogens with zero attached hydrogens (tertiary/aromatic N) is 2. The van der Waals surface area contributed by atoms with Crippen LogP contribution in [0, 0.1) is 13.8 Å². The molecule has 1 amide bonds. The molecule has 5 heteroatoms. The van der Waals surface area contributed by atoms with Gasteiger partial charge in [-0.1, -0.05) is 29.8 Å². The molecule has 3 aromatic rings. The number of aromatic nitrogens is 2. The minimum atomic E-state index is -0.305. The number of benzene rings is 2. The van der Waals surface area contributed by atoms with Crippen molar-refractivity contribution in [3.63, 3.8) is 0 Å². The maximum absolute atomic E-state index is 12.4. The molecule has 0 fully saturated rings. The van der Waals surface area contributed by atoms with Gasteiger partial charge >= 0.3 is 6.03 Å². The molecule has 0 spiro atoms. The van der Waals surface area contributed by atoms with Crippen molar-refractivity contribution in [2.75, 3.05) is 5.32 Å². The van der Waals surface area contributed by atoms with Gasteiger partial charge in [-0.05, 0) is 43.2 Å². The fraction of sp³-hybridized carbons (Fsp3) is 0.125. The summed E-state index contributed by atoms with van der Waals surface area (Å²) >= 11 is 5.97. The molecule has 0 atom stereocenters. The molecule has 21 heavy (non-hydrogen) atoms. The molecule has 0 aliphatic heterocycles. The molecule has 1 aromatic heterocycles. The summed E-state index contributed by atoms with van der Waals surface area (Å²) in [6.07, 6.45) is 1.70. The first-order valence-corrected chi connectivity index (χ1v) is 6.95. The van der Waals surface area contributed by atoms with E-state index in [4.69, 9.17) is 11.6 Å². The number of rotatable bonds is 1. The van der Waals surface area contributed by atoms with E-state index in [1.54, 1.807) is 18.3 Å². The van der Waals surface area contributed by atoms with Crippen molar-refractivity contribution < 1.29 is 4.79 Å². The van der Waals surface area contributed by atoms with Gasteiger partial charge in [-0.3, -0.25) is 0 Å². The normalized spacial score (nSPS) is 10.8. The number of amides is 1. The van der Waals surface area contributed by atoms with Crippen molar-refractivity contribution in [2.24, 2.45) is 0 Å². The third kappa shape index (κ3) is 2.50. The van der Waals surface area contributed by atoms with E-state index in [-0.39, 0.29) is 6.03 Å². The number of carbonyl (C=O) groups excluding carboxylic acids is 1. The topological polar surface area (TPSA) is 46.9 Å². The van der Waals surface area contributed by atoms with Crippen LogP contribution >= 0.6 is 11.6 Å². The van der Waals surface area contributed by atoms with Gasteiger partial charge in [0.2, 0.25) is 0 Å². The van der Waals surface area contributed by atoms with Crippen molar-refractivity contribution in [3.8, 4) is 0 Å². The highest BCUT2D eigenvalue weighted by molar-refractivity contribution is 6.31. The number of halogens is 1. The summed E-state index contributed by atoms with van der Waals surface area (Å²) in [5.74, 6) is 0. The lowest BCUT2D eigenvalue weighted by Crippen LogP contribution is -2.21. The van der Waals surface area contributed by atoms with Crippen LogP contribution < -0.4 is 5.32 Å². The van der Waals surface area contributed by atoms with Crippen LogP contribution in [0.5, 0.6) is 0 Å². The number of hydrogen-bond donors (Lipinski definition) is 1. The zero-order valence-corrected chi connectivity index (χ0v) is 12.5. The lowest BCUT2D eigenvalue weighted by atomic mass is 10.1. The molecule has 1 heterocycles. The summed E-state index contributed by atoms with van der Waals surface area (Å²) < 4.78 is 1.36. The van der Waals surface area contributed by atoms with E-state index in [0.29, 0.717) is 10.7 Å². The highest BCUT2D eigenvalue weighted by Crippen LogP contribution is 2.22. The molecule has 0 saturated heterocycles. The number of aryl methyl sites for hydroxylation is 2. The Hall–Kier alpha value is -2.33. The van der Waals surface area contributed by atoms with Crippen molar-refractivity contribution in [1.29, 1.82) is 0 Å². The van der Waals surface area contributed by atoms with Gasteiger partial charge in [0.25, 0.3) is 0 Å². The second kappa shape index (κ2) is 5.22. The van der Waals surface area contributed by atoms with Gasteiger partial charge in [-0.15, -0.1) is 0 Å². The maximum Gasteiger partial charge on any atom is 0.347 e. The van der Waals surface area contributed by atoms with E-state index in [1.807, 2.05) is 38.1 Å². The van der Waals surface area contributed by atoms with Gasteiger partial charge in [0.05, 0.1) is 11.7 Å². The molecule has 0 aliphatic carbocycles. The van der Waals surface area contributed by atoms with Crippen molar-refractivity contribution in [1.82, 2.24) is 9.78 Å². The van der Waals surface area contributed by atoms with Gasteiger partial charge in [0, 0.05) is 16.1 Å². The molecule has 0 unspecified atom stereocenters. The molecule has 0 radical (unpaired) electrons. The highest BCUT2D eigenvalue weighted by Gasteiger charge is 2.12. The summed E-state index contributed by atoms with van der Waals surface area (Å²) in [6.45, 7) is 3.91. The average Bonchev–Trinajstić information content (AvgIpc) is 2.88. The smallest absolute Gasteiger partial charge is 0.306 e. The van der Waals surface area contributed by atoms with E-state index >= 15 is 0 Å². The monoisotopic (exact) mass is 299 g/mol. The Kier molecular flexibility index (Phi) is 3.39. The quantitative estimate of drug-likeness (QED) is 0.724. The fourth-order valence-corrected chi connectivity index (χ4v) is 2.43. The summed E-state index contributed by atoms with van der Waals surface area (Å²) in [5, 5.41) is 8.57. The van der Waals surface area contributed by atoms with Crippen LogP contribution in [-0.2, 0) is 0 Å². The molecule has 1 N–H and O–H groups in total. The second-order valence-electron chi connectivity index (χ2n) is 4.95. The van der Waals surface area contributed by atoms with Gasteiger partial charge in [0.15, 0.2) is 0 Å². The molecular formula is C16H14ClN3O. The van der Waals surface area contributed by atoms with E-state index in [0.717, 1.165) is 22.0 Å². The summed E-state index contributed by atoms with van der Waals surface area (Å²) in [6, 6.07) is 10.9. The standard InChI is InChI=1S/C16H14ClN3O/c1-10-4-3-5-15-13(10)9-18-20(15)16(21)19-14-8-12(17)7-6-11(14)2/h3-9H,1-2H3,(H,19,21). The lowest BCUT2D eigenvalue weighted by Gasteiger charge is -2.09. The Morgan fingerprint density at radius 1 is 1.19 bits per heavy atom. The highest BCUT2D eigenvalue weighted by atomic mass is 35.5. The summed E-state index contributed by atoms with van der Waals surface area (Å²) in [7, 11) is 0. The first-order chi connectivity index (χ1) is 10.1. The van der Waals surface area contributed by atoms with E-state index in [1.165, 1.54) is 4.68 Å². The summed E-state index contributed by atoms with van der Waals surface area (Å²) in [5.41, 5.74) is 3.50. The minimum absolute atomic E-state index is 0.305. The number of carbonyl (C=O) groups is 1. The molecule has 4 nitrogen and oxygen atoms in total. The zero-order valence-electron chi connectivity index (χ0n) is 11.7. The first kappa shape index (κ1) is 13.6. The molecule has 0 bridgehead atoms. The van der Waals surface area contributed by atoms with Crippen LogP contribution in [0.4, 0.5) is 10.5 Å². The molecule has 3 rings (SSSR count). The Bertz CT molecular complexity index is 839. The van der Waals surface area contributed by atoms with Crippen LogP contribution in [0.15, 0.2) is 42.6 Å². The minimum Gasteiger partial charge on any atom is -0.306 e. The third-order valence-electron chi connectivity index (χ3n) is 3.47. The van der Waals surface area contributed by atoms with Crippen LogP contribution in [0.1, 0.15) is 11.1 Å². The van der Waals surface area contributed by atoms with Crippen molar-refractivity contribution >= 4 is 34.2 Å². The summed E-state index contributed by atoms with van der Waals surface area (Å²) in [4.78, 5) is 12.4. The van der Waals surface area contributed by atoms with Gasteiger partial charge in [-0.25, -0.2) is 4.79 Å². The van der Waals surface area contributed by atoms with Crippen molar-refractivity contribution in [2.45, 2.75) is 13.8 Å². The number of fused-ring (bicyclic) bond motifs is 1. The molecule has 106 valence electrons. The Morgan fingerprint density at radius 2 is 2.00 bits per heavy atom. The third-order valence-corrected chi connectivity index (χ3v) is 3.70. The Balaban J connectivity index is 1.98. The van der Waals surface area contributed by atoms with Crippen LogP contribution in [-0.4, -0.2) is 15.8 Å². The van der Waals surface area contributed by atoms with Crippen LogP contribution in [0.25, 0.3) is 10.9 Å². The number of anilines is 1. The molecule has 0 saturated carbocycles. The van der Waals surface area contributed by atoms with Crippen molar-refractivity contribution in [3.05, 3.63) is 58.7 Å². The van der Waals surface area contributed by atoms with Crippen LogP contribution in [0.2, 0.25) is 5.02 Å². The van der Waals surface area contributed by atoms with Crippen LogP contribution in [0.3, 0.4) is 0 Å². The molecular weight excluding hydrogens is 286 g/mol. The zero-order chi connectivity index (χ0) is 15.0. The number of nitrogens with one attached hydrogen (secondary N) is 1. The largest absolute Gasteiger partial charge is 0.347 e. The predicted octanol–water partition coefficient (Wildman–Crippen LogP) is 4.39. The lowest BCUT2D eigenvalue weighted by molar-refractivity contribution is 0.252. The maximum atomic E-state index is 12.4. The SMILES string of the molecule is Cc1ccc(Cl)cc1NC(=O)n1ncc2c(C)cccc21. The van der Waals surface area contributed by atoms with E-state index in [2.05, 4.69) is 10.4 Å². The molecule has 2 aromatic carbocycles. The first-order valence-electron chi connectivity index (χ1n) is 6.57. The average molecular weight is 300 g/mol. The van der Waals surface area contributed by atoms with Gasteiger partial charge < -0.3 is 5.32 Å².